The molecule has 5 aliphatic rings. The summed E-state index contributed by atoms with van der Waals surface area (Å²) >= 11 is 0. The molecule has 0 spiro atoms. The van der Waals surface area contributed by atoms with E-state index in [2.05, 4.69) is 239 Å². The second-order valence-electron chi connectivity index (χ2n) is 19.0. The number of hydrogen-bond acceptors (Lipinski definition) is 2. The average Bonchev–Trinajstić information content (AvgIpc) is 4.08. The number of allylic oxidation sites excluding steroid dienone is 9. The van der Waals surface area contributed by atoms with E-state index in [9.17, 15) is 0 Å². The molecule has 66 heavy (non-hydrogen) atoms. The number of hydrogen-bond donors (Lipinski definition) is 0. The zero-order valence-electron chi connectivity index (χ0n) is 37.2. The van der Waals surface area contributed by atoms with Crippen molar-refractivity contribution in [3.05, 3.63) is 246 Å². The lowest BCUT2D eigenvalue weighted by molar-refractivity contribution is 0.264. The van der Waals surface area contributed by atoms with Crippen molar-refractivity contribution in [2.24, 2.45) is 5.92 Å². The van der Waals surface area contributed by atoms with Crippen LogP contribution in [0.3, 0.4) is 0 Å². The standard InChI is InChI=1S/C62H48N4/c1-40-33-34-46(57(39-40)66-53-30-16-11-25-45(53)48-36-38-58-62(2,61(48)66)50-27-13-18-32-55(50)64(58)42-21-7-4-8-22-42)43-23-9-14-28-51(43)65-52-29-15-10-24-44(52)47-35-37-56-59(60(47)65)49-26-12-17-31-54(49)63(56)41-19-5-3-6-20-41/h3-15,17-29,31-38,40,61H,16,30,39H2,1-2H3. The van der Waals surface area contributed by atoms with Gasteiger partial charge in [0.15, 0.2) is 0 Å². The van der Waals surface area contributed by atoms with Crippen LogP contribution in [0, 0.1) is 5.92 Å². The maximum atomic E-state index is 2.85. The zero-order valence-corrected chi connectivity index (χ0v) is 37.2. The molecule has 9 aromatic rings. The molecule has 4 heterocycles. The highest BCUT2D eigenvalue weighted by atomic mass is 15.3. The van der Waals surface area contributed by atoms with E-state index in [1.54, 1.807) is 0 Å². The Morgan fingerprint density at radius 1 is 0.545 bits per heavy atom. The lowest BCUT2D eigenvalue weighted by atomic mass is 9.69. The summed E-state index contributed by atoms with van der Waals surface area (Å²) in [4.78, 5) is 5.38. The van der Waals surface area contributed by atoms with Crippen LogP contribution in [0.4, 0.5) is 11.4 Å². The van der Waals surface area contributed by atoms with Gasteiger partial charge in [-0.15, -0.1) is 0 Å². The van der Waals surface area contributed by atoms with Gasteiger partial charge in [-0.3, -0.25) is 0 Å². The summed E-state index contributed by atoms with van der Waals surface area (Å²) in [5.74, 6) is 0.382. The van der Waals surface area contributed by atoms with Gasteiger partial charge in [0.1, 0.15) is 0 Å². The van der Waals surface area contributed by atoms with Crippen LogP contribution in [0.2, 0.25) is 0 Å². The monoisotopic (exact) mass is 848 g/mol. The van der Waals surface area contributed by atoms with Crippen LogP contribution in [0.25, 0.3) is 60.6 Å². The molecule has 3 aliphatic carbocycles. The van der Waals surface area contributed by atoms with Gasteiger partial charge in [0.2, 0.25) is 0 Å². The molecular weight excluding hydrogens is 801 g/mol. The Morgan fingerprint density at radius 2 is 1.23 bits per heavy atom. The lowest BCUT2D eigenvalue weighted by Gasteiger charge is -2.46. The van der Waals surface area contributed by atoms with Crippen molar-refractivity contribution in [1.29, 1.82) is 0 Å². The number of fused-ring (bicyclic) bond motifs is 13. The highest BCUT2D eigenvalue weighted by molar-refractivity contribution is 6.26. The van der Waals surface area contributed by atoms with Crippen LogP contribution in [0.15, 0.2) is 235 Å². The molecule has 4 nitrogen and oxygen atoms in total. The summed E-state index contributed by atoms with van der Waals surface area (Å²) in [6, 6.07) is 63.0. The molecule has 0 radical (unpaired) electrons. The molecule has 3 atom stereocenters. The molecule has 0 saturated carbocycles. The molecule has 3 unspecified atom stereocenters. The lowest BCUT2D eigenvalue weighted by Crippen LogP contribution is -2.49. The minimum Gasteiger partial charge on any atom is -0.339 e. The predicted octanol–water partition coefficient (Wildman–Crippen LogP) is 15.4. The van der Waals surface area contributed by atoms with Crippen LogP contribution >= 0.6 is 0 Å². The third kappa shape index (κ3) is 5.04. The van der Waals surface area contributed by atoms with Gasteiger partial charge < -0.3 is 18.9 Å². The van der Waals surface area contributed by atoms with Gasteiger partial charge in [0.05, 0.1) is 44.9 Å². The molecule has 0 N–H and O–H groups in total. The van der Waals surface area contributed by atoms with E-state index in [0.717, 1.165) is 19.3 Å². The largest absolute Gasteiger partial charge is 0.339 e. The van der Waals surface area contributed by atoms with Crippen LogP contribution < -0.4 is 4.90 Å². The SMILES string of the molecule is CC1C=CC(c2ccccc2-n2c3ccccc3c3ccc4c(c5ccccc5n4-c4ccccc4)c32)=C(N2C3=C(C=CCC3)C3=CC=C4N(c5ccccc5)c5ccccc5C4(C)C32)C1. The summed E-state index contributed by atoms with van der Waals surface area (Å²) in [7, 11) is 0. The Morgan fingerprint density at radius 3 is 2.05 bits per heavy atom. The first-order valence-electron chi connectivity index (χ1n) is 23.7. The molecule has 0 saturated heterocycles. The summed E-state index contributed by atoms with van der Waals surface area (Å²) in [5, 5.41) is 5.06. The maximum absolute atomic E-state index is 2.85. The number of nitrogens with zero attached hydrogens (tertiary/aromatic N) is 4. The molecule has 14 rings (SSSR count). The van der Waals surface area contributed by atoms with Crippen molar-refractivity contribution in [3.63, 3.8) is 0 Å². The number of aromatic nitrogens is 2. The van der Waals surface area contributed by atoms with E-state index in [-0.39, 0.29) is 11.5 Å². The van der Waals surface area contributed by atoms with E-state index in [0.29, 0.717) is 5.92 Å². The van der Waals surface area contributed by atoms with Crippen LogP contribution in [0.5, 0.6) is 0 Å². The molecule has 2 aromatic heterocycles. The molecule has 7 aromatic carbocycles. The molecule has 2 aliphatic heterocycles. The van der Waals surface area contributed by atoms with Crippen molar-refractivity contribution in [1.82, 2.24) is 14.0 Å². The normalized spacial score (nSPS) is 20.9. The number of benzene rings is 7. The van der Waals surface area contributed by atoms with Crippen molar-refractivity contribution >= 4 is 60.6 Å². The Labute approximate surface area is 385 Å². The minimum absolute atomic E-state index is 0.0768. The highest BCUT2D eigenvalue weighted by Crippen LogP contribution is 2.61. The summed E-state index contributed by atoms with van der Waals surface area (Å²) in [5.41, 5.74) is 20.4. The first kappa shape index (κ1) is 37.5. The predicted molar refractivity (Wildman–Crippen MR) is 275 cm³/mol. The van der Waals surface area contributed by atoms with Gasteiger partial charge in [-0.25, -0.2) is 0 Å². The second-order valence-corrected chi connectivity index (χ2v) is 19.0. The summed E-state index contributed by atoms with van der Waals surface area (Å²) in [6.07, 6.45) is 17.6. The smallest absolute Gasteiger partial charge is 0.0742 e. The molecular formula is C62H48N4. The van der Waals surface area contributed by atoms with Gasteiger partial charge in [-0.2, -0.15) is 0 Å². The van der Waals surface area contributed by atoms with Crippen molar-refractivity contribution in [2.45, 2.75) is 44.6 Å². The first-order chi connectivity index (χ1) is 32.6. The second kappa shape index (κ2) is 14.1. The van der Waals surface area contributed by atoms with Crippen LogP contribution in [0.1, 0.15) is 44.2 Å². The molecule has 0 bridgehead atoms. The van der Waals surface area contributed by atoms with Gasteiger partial charge in [-0.1, -0.05) is 153 Å². The van der Waals surface area contributed by atoms with E-state index in [1.165, 1.54) is 111 Å². The molecule has 0 amide bonds. The quantitative estimate of drug-likeness (QED) is 0.172. The van der Waals surface area contributed by atoms with Gasteiger partial charge >= 0.3 is 0 Å². The third-order valence-corrected chi connectivity index (χ3v) is 15.4. The van der Waals surface area contributed by atoms with Crippen molar-refractivity contribution < 1.29 is 0 Å². The average molecular weight is 849 g/mol. The van der Waals surface area contributed by atoms with Crippen LogP contribution in [-0.2, 0) is 5.41 Å². The van der Waals surface area contributed by atoms with Crippen molar-refractivity contribution in [3.8, 4) is 11.4 Å². The first-order valence-corrected chi connectivity index (χ1v) is 23.7. The number of anilines is 2. The fourth-order valence-electron chi connectivity index (χ4n) is 12.7. The molecule has 0 fully saturated rings. The Balaban J connectivity index is 1.04. The van der Waals surface area contributed by atoms with Gasteiger partial charge in [-0.05, 0) is 109 Å². The molecule has 316 valence electrons. The summed E-state index contributed by atoms with van der Waals surface area (Å²) in [6.45, 7) is 4.92. The van der Waals surface area contributed by atoms with E-state index in [1.807, 2.05) is 0 Å². The topological polar surface area (TPSA) is 16.3 Å². The Hall–Kier alpha value is -7.82. The maximum Gasteiger partial charge on any atom is 0.0742 e. The third-order valence-electron chi connectivity index (χ3n) is 15.4. The number of para-hydroxylation sites is 6. The summed E-state index contributed by atoms with van der Waals surface area (Å²) < 4.78 is 5.04. The van der Waals surface area contributed by atoms with Gasteiger partial charge in [0, 0.05) is 61.1 Å². The zero-order chi connectivity index (χ0) is 43.7. The fourth-order valence-corrected chi connectivity index (χ4v) is 12.7. The number of rotatable bonds is 5. The highest BCUT2D eigenvalue weighted by Gasteiger charge is 2.57. The Bertz CT molecular complexity index is 3720. The fraction of sp³-hybridized carbons (Fsp3) is 0.129. The molecule has 4 heteroatoms. The van der Waals surface area contributed by atoms with Gasteiger partial charge in [0.25, 0.3) is 0 Å². The van der Waals surface area contributed by atoms with Crippen LogP contribution in [-0.4, -0.2) is 20.1 Å². The van der Waals surface area contributed by atoms with E-state index < -0.39 is 0 Å². The van der Waals surface area contributed by atoms with E-state index in [4.69, 9.17) is 0 Å². The van der Waals surface area contributed by atoms with E-state index >= 15 is 0 Å². The minimum atomic E-state index is -0.324. The Kier molecular flexibility index (Phi) is 8.01. The van der Waals surface area contributed by atoms with Crippen molar-refractivity contribution in [2.75, 3.05) is 4.90 Å².